The molecule has 1 N–H and O–H groups in total. The monoisotopic (exact) mass is 366 g/mol. The van der Waals surface area contributed by atoms with E-state index in [0.29, 0.717) is 18.0 Å². The van der Waals surface area contributed by atoms with Gasteiger partial charge in [-0.15, -0.1) is 11.3 Å². The van der Waals surface area contributed by atoms with Crippen molar-refractivity contribution in [2.24, 2.45) is 5.92 Å². The molecular formula is C20H22N4OS. The Morgan fingerprint density at radius 1 is 1.23 bits per heavy atom. The van der Waals surface area contributed by atoms with Crippen molar-refractivity contribution in [1.29, 1.82) is 0 Å². The highest BCUT2D eigenvalue weighted by molar-refractivity contribution is 7.13. The largest absolute Gasteiger partial charge is 0.352 e. The highest BCUT2D eigenvalue weighted by Crippen LogP contribution is 2.24. The van der Waals surface area contributed by atoms with Crippen molar-refractivity contribution in [3.8, 4) is 5.69 Å². The molecule has 6 heteroatoms. The Hall–Kier alpha value is -2.60. The fourth-order valence-corrected chi connectivity index (χ4v) is 4.09. The third kappa shape index (κ3) is 3.80. The number of anilines is 1. The first-order valence-electron chi connectivity index (χ1n) is 8.95. The number of thiazole rings is 1. The first-order valence-corrected chi connectivity index (χ1v) is 9.83. The van der Waals surface area contributed by atoms with Crippen LogP contribution in [0.5, 0.6) is 0 Å². The van der Waals surface area contributed by atoms with Gasteiger partial charge in [-0.05, 0) is 55.2 Å². The summed E-state index contributed by atoms with van der Waals surface area (Å²) in [5.74, 6) is 0.464. The minimum absolute atomic E-state index is 0.00423. The van der Waals surface area contributed by atoms with E-state index >= 15 is 0 Å². The summed E-state index contributed by atoms with van der Waals surface area (Å²) in [6.45, 7) is 2.72. The maximum Gasteiger partial charge on any atom is 0.251 e. The smallest absolute Gasteiger partial charge is 0.251 e. The van der Waals surface area contributed by atoms with E-state index in [0.717, 1.165) is 36.8 Å². The first kappa shape index (κ1) is 16.8. The van der Waals surface area contributed by atoms with Gasteiger partial charge in [-0.2, -0.15) is 0 Å². The van der Waals surface area contributed by atoms with Crippen molar-refractivity contribution in [3.05, 3.63) is 65.9 Å². The van der Waals surface area contributed by atoms with Crippen molar-refractivity contribution in [2.45, 2.75) is 12.8 Å². The number of piperidine rings is 1. The average molecular weight is 366 g/mol. The third-order valence-corrected chi connectivity index (χ3v) is 5.62. The molecule has 0 spiro atoms. The quantitative estimate of drug-likeness (QED) is 0.751. The van der Waals surface area contributed by atoms with Gasteiger partial charge in [0.15, 0.2) is 5.13 Å². The molecule has 0 radical (unpaired) electrons. The number of hydrogen-bond acceptors (Lipinski definition) is 4. The molecule has 0 bridgehead atoms. The molecule has 5 nitrogen and oxygen atoms in total. The molecule has 134 valence electrons. The SMILES string of the molecule is O=C(NC[C@H]1CCCN(c2nccs2)C1)c1ccc(-n2cccc2)cc1. The van der Waals surface area contributed by atoms with E-state index in [1.165, 1.54) is 0 Å². The molecule has 2 aromatic heterocycles. The van der Waals surface area contributed by atoms with Gasteiger partial charge in [-0.1, -0.05) is 0 Å². The lowest BCUT2D eigenvalue weighted by atomic mass is 9.98. The Labute approximate surface area is 157 Å². The molecule has 1 saturated heterocycles. The molecule has 1 aliphatic heterocycles. The molecule has 1 aromatic carbocycles. The second-order valence-electron chi connectivity index (χ2n) is 6.62. The van der Waals surface area contributed by atoms with Gasteiger partial charge < -0.3 is 14.8 Å². The molecule has 1 amide bonds. The lowest BCUT2D eigenvalue weighted by Gasteiger charge is -2.32. The molecule has 0 aliphatic carbocycles. The normalized spacial score (nSPS) is 17.2. The van der Waals surface area contributed by atoms with Crippen LogP contribution in [0.2, 0.25) is 0 Å². The van der Waals surface area contributed by atoms with Gasteiger partial charge in [0.25, 0.3) is 5.91 Å². The van der Waals surface area contributed by atoms with Gasteiger partial charge in [-0.3, -0.25) is 4.79 Å². The van der Waals surface area contributed by atoms with Crippen LogP contribution in [0.1, 0.15) is 23.2 Å². The molecule has 1 fully saturated rings. The summed E-state index contributed by atoms with van der Waals surface area (Å²) in [7, 11) is 0. The first-order chi connectivity index (χ1) is 12.8. The zero-order valence-electron chi connectivity index (χ0n) is 14.5. The van der Waals surface area contributed by atoms with E-state index in [-0.39, 0.29) is 5.91 Å². The Morgan fingerprint density at radius 2 is 2.04 bits per heavy atom. The number of amides is 1. The van der Waals surface area contributed by atoms with Crippen LogP contribution in [0.4, 0.5) is 5.13 Å². The predicted octanol–water partition coefficient (Wildman–Crippen LogP) is 3.58. The van der Waals surface area contributed by atoms with Crippen molar-refractivity contribution < 1.29 is 4.79 Å². The number of nitrogens with zero attached hydrogens (tertiary/aromatic N) is 3. The van der Waals surface area contributed by atoms with Crippen LogP contribution in [0.25, 0.3) is 5.69 Å². The van der Waals surface area contributed by atoms with Gasteiger partial charge in [-0.25, -0.2) is 4.98 Å². The molecule has 1 aliphatic rings. The zero-order chi connectivity index (χ0) is 17.8. The fourth-order valence-electron chi connectivity index (χ4n) is 3.41. The minimum Gasteiger partial charge on any atom is -0.352 e. The summed E-state index contributed by atoms with van der Waals surface area (Å²) < 4.78 is 2.02. The van der Waals surface area contributed by atoms with Gasteiger partial charge in [0.2, 0.25) is 0 Å². The number of carbonyl (C=O) groups excluding carboxylic acids is 1. The van der Waals surface area contributed by atoms with Crippen molar-refractivity contribution in [2.75, 3.05) is 24.5 Å². The van der Waals surface area contributed by atoms with E-state index in [4.69, 9.17) is 0 Å². The van der Waals surface area contributed by atoms with Crippen LogP contribution < -0.4 is 10.2 Å². The van der Waals surface area contributed by atoms with Gasteiger partial charge >= 0.3 is 0 Å². The number of nitrogens with one attached hydrogen (secondary N) is 1. The standard InChI is InChI=1S/C20H22N4OS/c25-19(17-5-7-18(8-6-17)23-10-1-2-11-23)22-14-16-4-3-12-24(15-16)20-21-9-13-26-20/h1-2,5-11,13,16H,3-4,12,14-15H2,(H,22,25)/t16-/m1/s1. The molecular weight excluding hydrogens is 344 g/mol. The van der Waals surface area contributed by atoms with Crippen molar-refractivity contribution >= 4 is 22.4 Å². The second kappa shape index (κ2) is 7.74. The Kier molecular flexibility index (Phi) is 5.02. The molecule has 1 atom stereocenters. The summed E-state index contributed by atoms with van der Waals surface area (Å²) in [6, 6.07) is 11.7. The maximum atomic E-state index is 12.5. The summed E-state index contributed by atoms with van der Waals surface area (Å²) in [6.07, 6.45) is 8.13. The number of hydrogen-bond donors (Lipinski definition) is 1. The van der Waals surface area contributed by atoms with Crippen molar-refractivity contribution in [1.82, 2.24) is 14.9 Å². The Morgan fingerprint density at radius 3 is 2.77 bits per heavy atom. The van der Waals surface area contributed by atoms with Gasteiger partial charge in [0.05, 0.1) is 0 Å². The number of carbonyl (C=O) groups is 1. The highest BCUT2D eigenvalue weighted by Gasteiger charge is 2.22. The predicted molar refractivity (Wildman–Crippen MR) is 105 cm³/mol. The lowest BCUT2D eigenvalue weighted by Crippen LogP contribution is -2.41. The van der Waals surface area contributed by atoms with Crippen LogP contribution in [-0.2, 0) is 0 Å². The molecule has 3 aromatic rings. The van der Waals surface area contributed by atoms with Crippen molar-refractivity contribution in [3.63, 3.8) is 0 Å². The summed E-state index contributed by atoms with van der Waals surface area (Å²) in [5.41, 5.74) is 1.76. The van der Waals surface area contributed by atoms with Crippen LogP contribution in [0.15, 0.2) is 60.4 Å². The average Bonchev–Trinajstić information content (AvgIpc) is 3.40. The topological polar surface area (TPSA) is 50.2 Å². The number of aromatic nitrogens is 2. The number of rotatable bonds is 5. The van der Waals surface area contributed by atoms with Crippen LogP contribution in [0, 0.1) is 5.92 Å². The summed E-state index contributed by atoms with van der Waals surface area (Å²) in [5, 5.41) is 6.20. The van der Waals surface area contributed by atoms with Crippen LogP contribution in [-0.4, -0.2) is 35.1 Å². The van der Waals surface area contributed by atoms with E-state index in [9.17, 15) is 4.79 Å². The maximum absolute atomic E-state index is 12.5. The van der Waals surface area contributed by atoms with E-state index < -0.39 is 0 Å². The molecule has 4 rings (SSSR count). The molecule has 26 heavy (non-hydrogen) atoms. The van der Waals surface area contributed by atoms with E-state index in [1.807, 2.05) is 64.9 Å². The Balaban J connectivity index is 1.32. The highest BCUT2D eigenvalue weighted by atomic mass is 32.1. The summed E-state index contributed by atoms with van der Waals surface area (Å²) in [4.78, 5) is 19.2. The van der Waals surface area contributed by atoms with Crippen LogP contribution >= 0.6 is 11.3 Å². The number of benzene rings is 1. The molecule has 3 heterocycles. The fraction of sp³-hybridized carbons (Fsp3) is 0.300. The van der Waals surface area contributed by atoms with Crippen LogP contribution in [0.3, 0.4) is 0 Å². The van der Waals surface area contributed by atoms with Gasteiger partial charge in [0, 0.05) is 54.9 Å². The van der Waals surface area contributed by atoms with E-state index in [2.05, 4.69) is 15.2 Å². The molecule has 0 saturated carbocycles. The zero-order valence-corrected chi connectivity index (χ0v) is 15.4. The minimum atomic E-state index is -0.00423. The van der Waals surface area contributed by atoms with Gasteiger partial charge in [0.1, 0.15) is 0 Å². The third-order valence-electron chi connectivity index (χ3n) is 4.79. The Bertz CT molecular complexity index is 827. The second-order valence-corrected chi connectivity index (χ2v) is 7.49. The lowest BCUT2D eigenvalue weighted by molar-refractivity contribution is 0.0945. The van der Waals surface area contributed by atoms with E-state index in [1.54, 1.807) is 11.3 Å². The molecule has 0 unspecified atom stereocenters. The summed E-state index contributed by atoms with van der Waals surface area (Å²) >= 11 is 1.68.